The Kier molecular flexibility index (Phi) is 19.9. The van der Waals surface area contributed by atoms with E-state index in [1.807, 2.05) is 71.0 Å². The fourth-order valence-corrected chi connectivity index (χ4v) is 3.53. The van der Waals surface area contributed by atoms with Crippen molar-refractivity contribution >= 4 is 12.2 Å². The molecule has 37 heavy (non-hydrogen) atoms. The molecule has 0 spiro atoms. The van der Waals surface area contributed by atoms with Crippen LogP contribution in [0.2, 0.25) is 0 Å². The number of amides is 1. The molecule has 4 heteroatoms. The summed E-state index contributed by atoms with van der Waals surface area (Å²) in [5.74, 6) is -0.638. The topological polar surface area (TPSA) is 86.2 Å². The number of benzene rings is 1. The Labute approximate surface area is 228 Å². The van der Waals surface area contributed by atoms with Gasteiger partial charge in [0.25, 0.3) is 0 Å². The van der Waals surface area contributed by atoms with Crippen LogP contribution in [0.1, 0.15) is 73.8 Å². The molecule has 1 unspecified atom stereocenters. The van der Waals surface area contributed by atoms with Gasteiger partial charge in [-0.3, -0.25) is 9.59 Å². The van der Waals surface area contributed by atoms with Gasteiger partial charge in [0.2, 0.25) is 5.91 Å². The first-order valence-electron chi connectivity index (χ1n) is 12.8. The lowest BCUT2D eigenvalue weighted by molar-refractivity contribution is -0.114. The van der Waals surface area contributed by atoms with Crippen molar-refractivity contribution in [2.75, 3.05) is 6.54 Å². The Hall–Kier alpha value is -3.50. The minimum atomic E-state index is -0.540. The highest BCUT2D eigenvalue weighted by molar-refractivity contribution is 5.98. The molecule has 0 aliphatic heterocycles. The average molecular weight is 509 g/mol. The Morgan fingerprint density at radius 2 is 1.65 bits per heavy atom. The molecule has 1 aromatic carbocycles. The zero-order valence-corrected chi connectivity index (χ0v) is 23.9. The molecule has 1 aromatic rings. The molecule has 1 amide bonds. The third-order valence-electron chi connectivity index (χ3n) is 5.94. The number of hydrogen-bond acceptors (Lipinski definition) is 3. The fraction of sp³-hybridized carbons (Fsp3) is 0.333. The summed E-state index contributed by atoms with van der Waals surface area (Å²) in [5.41, 5.74) is 17.5. The van der Waals surface area contributed by atoms with Gasteiger partial charge in [-0.05, 0) is 80.5 Å². The number of aldehydes is 1. The third-order valence-corrected chi connectivity index (χ3v) is 5.94. The normalized spacial score (nSPS) is 13.4. The molecule has 0 fully saturated rings. The van der Waals surface area contributed by atoms with E-state index in [1.165, 1.54) is 0 Å². The zero-order chi connectivity index (χ0) is 29.0. The maximum atomic E-state index is 12.4. The summed E-state index contributed by atoms with van der Waals surface area (Å²) in [7, 11) is 0. The first-order valence-corrected chi connectivity index (χ1v) is 12.8. The molecule has 4 N–H and O–H groups in total. The van der Waals surface area contributed by atoms with E-state index in [-0.39, 0.29) is 8.77 Å². The van der Waals surface area contributed by atoms with Crippen LogP contribution in [0.5, 0.6) is 0 Å². The Morgan fingerprint density at radius 1 is 1.08 bits per heavy atom. The van der Waals surface area contributed by atoms with Crippen molar-refractivity contribution in [2.24, 2.45) is 11.5 Å². The molecule has 0 aliphatic carbocycles. The Balaban J connectivity index is -0.000000698. The van der Waals surface area contributed by atoms with Crippen LogP contribution in [0.3, 0.4) is 0 Å². The zero-order valence-electron chi connectivity index (χ0n) is 23.9. The monoisotopic (exact) mass is 508 g/mol. The first kappa shape index (κ1) is 35.7. The van der Waals surface area contributed by atoms with E-state index in [2.05, 4.69) is 33.2 Å². The predicted molar refractivity (Wildman–Crippen MR) is 167 cm³/mol. The molecule has 1 rings (SSSR count). The van der Waals surface area contributed by atoms with Crippen molar-refractivity contribution in [3.05, 3.63) is 119 Å². The van der Waals surface area contributed by atoms with E-state index >= 15 is 0 Å². The fourth-order valence-electron chi connectivity index (χ4n) is 3.53. The first-order chi connectivity index (χ1) is 17.7. The molecule has 0 aromatic heterocycles. The van der Waals surface area contributed by atoms with Gasteiger partial charge >= 0.3 is 0 Å². The van der Waals surface area contributed by atoms with Crippen LogP contribution >= 0.6 is 0 Å². The third kappa shape index (κ3) is 11.9. The highest BCUT2D eigenvalue weighted by Crippen LogP contribution is 2.28. The number of primary amides is 1. The molecule has 0 heterocycles. The van der Waals surface area contributed by atoms with Crippen molar-refractivity contribution in [1.29, 1.82) is 0 Å². The lowest BCUT2D eigenvalue weighted by atomic mass is 9.89. The van der Waals surface area contributed by atoms with E-state index < -0.39 is 5.91 Å². The van der Waals surface area contributed by atoms with Crippen molar-refractivity contribution in [1.82, 2.24) is 0 Å². The van der Waals surface area contributed by atoms with Gasteiger partial charge < -0.3 is 11.5 Å². The minimum Gasteiger partial charge on any atom is -0.366 e. The highest BCUT2D eigenvalue weighted by atomic mass is 16.1. The number of nitrogens with two attached hydrogens (primary N) is 2. The van der Waals surface area contributed by atoms with Crippen molar-refractivity contribution in [3.8, 4) is 0 Å². The second kappa shape index (κ2) is 20.7. The Bertz CT molecular complexity index is 1030. The lowest BCUT2D eigenvalue weighted by Crippen LogP contribution is -2.16. The van der Waals surface area contributed by atoms with Crippen LogP contribution in [0, 0.1) is 6.92 Å². The van der Waals surface area contributed by atoms with Gasteiger partial charge in [-0.15, -0.1) is 19.7 Å². The van der Waals surface area contributed by atoms with Gasteiger partial charge in [0.1, 0.15) is 6.29 Å². The number of hydrogen-bond donors (Lipinski definition) is 2. The molecule has 0 saturated carbocycles. The summed E-state index contributed by atoms with van der Waals surface area (Å²) in [6, 6.07) is 8.06. The summed E-state index contributed by atoms with van der Waals surface area (Å²) in [6.45, 7) is 26.7. The van der Waals surface area contributed by atoms with E-state index in [0.717, 1.165) is 53.5 Å². The van der Waals surface area contributed by atoms with Crippen LogP contribution in [0.15, 0.2) is 108 Å². The Morgan fingerprint density at radius 3 is 2.03 bits per heavy atom. The standard InChI is InChI=1S/C28H35NO2.C3H9N.C2H4.2H2/c1-8-19(5)27(18-30)21(7)22(9-2)17-26(28(29)31)24(11-4)16-23(10-3)25-15-13-12-14-20(25)6;1-2-3-4;1-2;;/h10-18,23H,3-4,8-9H2,1-2,5-7H3,(H2,29,31);2-4H2,1H3;1-2H2;2*1H/b22-21+,24-16+,26-17-,27-19-;;;;. The molecule has 0 bridgehead atoms. The number of carbonyl (C=O) groups is 2. The minimum absolute atomic E-state index is 0. The molecule has 0 saturated heterocycles. The maximum Gasteiger partial charge on any atom is 0.249 e. The van der Waals surface area contributed by atoms with Crippen molar-refractivity contribution in [3.63, 3.8) is 0 Å². The van der Waals surface area contributed by atoms with Crippen LogP contribution in [-0.2, 0) is 9.59 Å². The summed E-state index contributed by atoms with van der Waals surface area (Å²) in [6.07, 6.45) is 10.6. The van der Waals surface area contributed by atoms with Crippen LogP contribution in [-0.4, -0.2) is 18.7 Å². The van der Waals surface area contributed by atoms with Crippen LogP contribution < -0.4 is 11.5 Å². The highest BCUT2D eigenvalue weighted by Gasteiger charge is 2.15. The van der Waals surface area contributed by atoms with Gasteiger partial charge in [0.05, 0.1) is 0 Å². The summed E-state index contributed by atoms with van der Waals surface area (Å²) in [5, 5.41) is 0. The number of rotatable bonds is 12. The summed E-state index contributed by atoms with van der Waals surface area (Å²) in [4.78, 5) is 24.1. The quantitative estimate of drug-likeness (QED) is 0.129. The van der Waals surface area contributed by atoms with Gasteiger partial charge in [-0.1, -0.05) is 75.4 Å². The van der Waals surface area contributed by atoms with Crippen molar-refractivity contribution in [2.45, 2.75) is 66.7 Å². The second-order valence-corrected chi connectivity index (χ2v) is 8.32. The molecule has 0 aliphatic rings. The van der Waals surface area contributed by atoms with Gasteiger partial charge in [0.15, 0.2) is 0 Å². The molecule has 206 valence electrons. The molecule has 4 nitrogen and oxygen atoms in total. The predicted octanol–water partition coefficient (Wildman–Crippen LogP) is 8.09. The molecule has 0 radical (unpaired) electrons. The van der Waals surface area contributed by atoms with Gasteiger partial charge in [-0.2, -0.15) is 0 Å². The maximum absolute atomic E-state index is 12.4. The lowest BCUT2D eigenvalue weighted by Gasteiger charge is -2.15. The van der Waals surface area contributed by atoms with E-state index in [4.69, 9.17) is 11.5 Å². The van der Waals surface area contributed by atoms with E-state index in [9.17, 15) is 9.59 Å². The molecular weight excluding hydrogens is 456 g/mol. The van der Waals surface area contributed by atoms with E-state index in [1.54, 1.807) is 12.2 Å². The molecular formula is C33H52N2O2. The van der Waals surface area contributed by atoms with Crippen LogP contribution in [0.4, 0.5) is 0 Å². The smallest absolute Gasteiger partial charge is 0.249 e. The largest absolute Gasteiger partial charge is 0.366 e. The number of carbonyl (C=O) groups excluding carboxylic acids is 2. The summed E-state index contributed by atoms with van der Waals surface area (Å²) < 4.78 is 0. The van der Waals surface area contributed by atoms with E-state index in [0.29, 0.717) is 23.1 Å². The SMILES string of the molecule is C=C.C=CC(=C\C(C=C)c1ccccc1C)/C(=C/C(CC)=C(C)/C(C=O)=C(/C)CC)C(N)=O.CCCN.[HH].[HH]. The number of aryl methyl sites for hydroxylation is 1. The van der Waals surface area contributed by atoms with Crippen LogP contribution in [0.25, 0.3) is 0 Å². The molecule has 1 atom stereocenters. The van der Waals surface area contributed by atoms with Gasteiger partial charge in [0, 0.05) is 19.9 Å². The summed E-state index contributed by atoms with van der Waals surface area (Å²) >= 11 is 0. The van der Waals surface area contributed by atoms with Crippen molar-refractivity contribution < 1.29 is 12.4 Å². The average Bonchev–Trinajstić information content (AvgIpc) is 2.92. The van der Waals surface area contributed by atoms with Gasteiger partial charge in [-0.25, -0.2) is 0 Å². The number of allylic oxidation sites excluding steroid dienone is 8. The second-order valence-electron chi connectivity index (χ2n) is 8.32.